The summed E-state index contributed by atoms with van der Waals surface area (Å²) in [5.41, 5.74) is 18.7. The van der Waals surface area contributed by atoms with E-state index in [2.05, 4.69) is 256 Å². The molecule has 0 atom stereocenters. The Bertz CT molecular complexity index is 4580. The van der Waals surface area contributed by atoms with Crippen LogP contribution < -0.4 is 9.80 Å². The van der Waals surface area contributed by atoms with Crippen LogP contribution in [0.25, 0.3) is 98.4 Å². The minimum Gasteiger partial charge on any atom is -0.310 e. The lowest BCUT2D eigenvalue weighted by atomic mass is 9.76. The van der Waals surface area contributed by atoms with Crippen LogP contribution in [0.4, 0.5) is 42.9 Å². The van der Waals surface area contributed by atoms with Crippen molar-refractivity contribution in [2.24, 2.45) is 0 Å². The number of hydrogen-bond donors (Lipinski definition) is 0. The molecule has 0 N–H and O–H groups in total. The van der Waals surface area contributed by atoms with Crippen LogP contribution in [0.1, 0.15) is 49.9 Å². The topological polar surface area (TPSA) is 6.48 Å². The van der Waals surface area contributed by atoms with Crippen LogP contribution >= 0.6 is 0 Å². The van der Waals surface area contributed by atoms with Gasteiger partial charge in [0.25, 0.3) is 0 Å². The zero-order valence-corrected chi connectivity index (χ0v) is 47.1. The van der Waals surface area contributed by atoms with Gasteiger partial charge in [-0.05, 0) is 230 Å². The molecule has 0 spiro atoms. The zero-order chi connectivity index (χ0) is 56.6. The van der Waals surface area contributed by atoms with Gasteiger partial charge >= 0.3 is 0 Å². The van der Waals surface area contributed by atoms with Gasteiger partial charge in [0.05, 0.1) is 0 Å². The minimum absolute atomic E-state index is 0.287. The highest BCUT2D eigenvalue weighted by molar-refractivity contribution is 6.17. The van der Waals surface area contributed by atoms with Crippen molar-refractivity contribution >= 4 is 88.0 Å². The largest absolute Gasteiger partial charge is 0.310 e. The normalized spacial score (nSPS) is 13.5. The van der Waals surface area contributed by atoms with Crippen molar-refractivity contribution < 1.29 is 8.78 Å². The lowest BCUT2D eigenvalue weighted by Gasteiger charge is -2.29. The molecule has 2 aliphatic rings. The number of rotatable bonds is 8. The van der Waals surface area contributed by atoms with E-state index in [9.17, 15) is 0 Å². The van der Waals surface area contributed by atoms with Gasteiger partial charge in [-0.15, -0.1) is 0 Å². The summed E-state index contributed by atoms with van der Waals surface area (Å²) >= 11 is 0. The van der Waals surface area contributed by atoms with Gasteiger partial charge in [0.15, 0.2) is 0 Å². The molecular weight excluding hydrogens is 1030 g/mol. The van der Waals surface area contributed by atoms with Crippen LogP contribution in [-0.2, 0) is 10.8 Å². The second-order valence-corrected chi connectivity index (χ2v) is 24.0. The van der Waals surface area contributed by atoms with Gasteiger partial charge in [-0.25, -0.2) is 8.78 Å². The van der Waals surface area contributed by atoms with E-state index in [-0.39, 0.29) is 11.6 Å². The van der Waals surface area contributed by atoms with Gasteiger partial charge in [-0.3, -0.25) is 0 Å². The molecule has 16 rings (SSSR count). The van der Waals surface area contributed by atoms with E-state index < -0.39 is 10.8 Å². The summed E-state index contributed by atoms with van der Waals surface area (Å²) in [6, 6.07) is 94.1. The molecule has 14 aromatic carbocycles. The molecule has 0 aromatic heterocycles. The molecule has 0 heterocycles. The summed E-state index contributed by atoms with van der Waals surface area (Å²) in [7, 11) is 0. The van der Waals surface area contributed by atoms with Crippen molar-refractivity contribution in [3.8, 4) is 44.5 Å². The van der Waals surface area contributed by atoms with Gasteiger partial charge in [-0.1, -0.05) is 185 Å². The van der Waals surface area contributed by atoms with Crippen molar-refractivity contribution in [1.82, 2.24) is 0 Å². The summed E-state index contributed by atoms with van der Waals surface area (Å²) in [4.78, 5) is 4.78. The Kier molecular flexibility index (Phi) is 11.0. The van der Waals surface area contributed by atoms with Gasteiger partial charge in [0.1, 0.15) is 11.6 Å². The Morgan fingerprint density at radius 2 is 0.524 bits per heavy atom. The number of benzene rings is 14. The lowest BCUT2D eigenvalue weighted by molar-refractivity contribution is 0.627. The number of nitrogens with zero attached hydrogens (tertiary/aromatic N) is 2. The quantitative estimate of drug-likeness (QED) is 0.150. The average Bonchev–Trinajstić information content (AvgIpc) is 1.55. The molecule has 0 saturated carbocycles. The maximum absolute atomic E-state index is 15.3. The SMILES string of the molecule is CC1(C)c2cc(N(c3ccc4ccccc4c3)c3ccc4ccccc4c3)ccc2-c2c1cc1c(-c3ccc(F)cc3)c3c(cc1c2-c1ccc(F)cc1)C(C)(C)c1cc(N(c2ccc4ccccc4c2)c2ccc4ccccc4c2)ccc1-3. The maximum Gasteiger partial charge on any atom is 0.123 e. The van der Waals surface area contributed by atoms with Gasteiger partial charge in [0.2, 0.25) is 0 Å². The Labute approximate surface area is 487 Å². The highest BCUT2D eigenvalue weighted by atomic mass is 19.1. The summed E-state index contributed by atoms with van der Waals surface area (Å²) in [5.74, 6) is -0.574. The first-order valence-electron chi connectivity index (χ1n) is 29.0. The molecule has 0 fully saturated rings. The molecule has 4 heteroatoms. The first kappa shape index (κ1) is 49.6. The standard InChI is InChI=1S/C80H56F2N2/c1-79(2)71-45-65(83(61-33-25-49-13-5-9-17-55(49)41-61)62-34-26-50-14-6-10-18-56(50)42-62)37-39-67(71)77-73(79)47-69-70(75(77)53-21-29-59(81)30-22-53)48-74-78(76(69)54-23-31-60(82)32-24-54)68-40-38-66(46-72(68)80(74,3)4)84(63-35-27-51-15-7-11-19-57(51)43-63)64-36-28-52-16-8-12-20-58(52)44-64/h5-48H,1-4H3. The molecular formula is C80H56F2N2. The summed E-state index contributed by atoms with van der Waals surface area (Å²) in [6.07, 6.45) is 0. The van der Waals surface area contributed by atoms with Crippen molar-refractivity contribution in [2.45, 2.75) is 38.5 Å². The van der Waals surface area contributed by atoms with E-state index in [0.29, 0.717) is 0 Å². The molecule has 84 heavy (non-hydrogen) atoms. The van der Waals surface area contributed by atoms with Gasteiger partial charge in [-0.2, -0.15) is 0 Å². The number of anilines is 6. The Hall–Kier alpha value is -10.2. The highest BCUT2D eigenvalue weighted by Gasteiger charge is 2.43. The van der Waals surface area contributed by atoms with Crippen LogP contribution in [0.15, 0.2) is 267 Å². The average molecular weight is 1080 g/mol. The summed E-state index contributed by atoms with van der Waals surface area (Å²) in [6.45, 7) is 9.39. The number of hydrogen-bond acceptors (Lipinski definition) is 2. The fourth-order valence-corrected chi connectivity index (χ4v) is 14.2. The lowest BCUT2D eigenvalue weighted by Crippen LogP contribution is -2.17. The summed E-state index contributed by atoms with van der Waals surface area (Å²) < 4.78 is 30.6. The molecule has 0 aliphatic heterocycles. The Balaban J connectivity index is 0.922. The molecule has 0 saturated heterocycles. The second-order valence-electron chi connectivity index (χ2n) is 24.0. The van der Waals surface area contributed by atoms with E-state index >= 15 is 8.78 Å². The monoisotopic (exact) mass is 1080 g/mol. The zero-order valence-electron chi connectivity index (χ0n) is 47.1. The molecule has 14 aromatic rings. The predicted octanol–water partition coefficient (Wildman–Crippen LogP) is 22.6. The first-order chi connectivity index (χ1) is 40.9. The fraction of sp³-hybridized carbons (Fsp3) is 0.0750. The molecule has 0 unspecified atom stereocenters. The van der Waals surface area contributed by atoms with Crippen LogP contribution in [-0.4, -0.2) is 0 Å². The van der Waals surface area contributed by atoms with E-state index in [1.54, 1.807) is 24.3 Å². The van der Waals surface area contributed by atoms with Crippen LogP contribution in [0, 0.1) is 11.6 Å². The summed E-state index contributed by atoms with van der Waals surface area (Å²) in [5, 5.41) is 11.6. The number of fused-ring (bicyclic) bond motifs is 11. The third kappa shape index (κ3) is 7.74. The van der Waals surface area contributed by atoms with E-state index in [1.807, 2.05) is 24.3 Å². The minimum atomic E-state index is -0.498. The third-order valence-corrected chi connectivity index (χ3v) is 18.4. The maximum atomic E-state index is 15.3. The van der Waals surface area contributed by atoms with Crippen LogP contribution in [0.5, 0.6) is 0 Å². The Morgan fingerprint density at radius 3 is 0.833 bits per heavy atom. The molecule has 400 valence electrons. The van der Waals surface area contributed by atoms with E-state index in [1.165, 1.54) is 65.3 Å². The third-order valence-electron chi connectivity index (χ3n) is 18.4. The van der Waals surface area contributed by atoms with Crippen molar-refractivity contribution in [1.29, 1.82) is 0 Å². The van der Waals surface area contributed by atoms with Crippen LogP contribution in [0.2, 0.25) is 0 Å². The smallest absolute Gasteiger partial charge is 0.123 e. The molecule has 2 aliphatic carbocycles. The second kappa shape index (κ2) is 18.7. The highest BCUT2D eigenvalue weighted by Crippen LogP contribution is 2.61. The van der Waals surface area contributed by atoms with Crippen molar-refractivity contribution in [3.63, 3.8) is 0 Å². The van der Waals surface area contributed by atoms with E-state index in [0.717, 1.165) is 89.4 Å². The van der Waals surface area contributed by atoms with Crippen molar-refractivity contribution in [2.75, 3.05) is 9.80 Å². The molecule has 0 radical (unpaired) electrons. The first-order valence-corrected chi connectivity index (χ1v) is 29.0. The van der Waals surface area contributed by atoms with E-state index in [4.69, 9.17) is 0 Å². The molecule has 0 bridgehead atoms. The molecule has 2 nitrogen and oxygen atoms in total. The predicted molar refractivity (Wildman–Crippen MR) is 349 cm³/mol. The fourth-order valence-electron chi connectivity index (χ4n) is 14.2. The molecule has 0 amide bonds. The Morgan fingerprint density at radius 1 is 0.250 bits per heavy atom. The number of halogens is 2. The van der Waals surface area contributed by atoms with Gasteiger partial charge < -0.3 is 9.80 Å². The van der Waals surface area contributed by atoms with Crippen LogP contribution in [0.3, 0.4) is 0 Å². The van der Waals surface area contributed by atoms with Gasteiger partial charge in [0, 0.05) is 45.0 Å². The van der Waals surface area contributed by atoms with Crippen molar-refractivity contribution in [3.05, 3.63) is 301 Å².